The number of hydrogen-bond acceptors (Lipinski definition) is 32. The number of carbonyl (C=O) groups is 9. The Hall–Kier alpha value is -5.65. The number of nitrogens with one attached hydrogen (secondary N) is 6. The quantitative estimate of drug-likeness (QED) is 0.0176. The summed E-state index contributed by atoms with van der Waals surface area (Å²) in [5.74, 6) is -3.21. The predicted molar refractivity (Wildman–Crippen MR) is 425 cm³/mol. The van der Waals surface area contributed by atoms with Crippen molar-refractivity contribution in [2.45, 2.75) is 274 Å². The number of hydrogen-bond donors (Lipinski definition) is 18. The molecule has 3 heterocycles. The summed E-state index contributed by atoms with van der Waals surface area (Å²) in [6.45, 7) is 1.57. The van der Waals surface area contributed by atoms with E-state index in [1.807, 2.05) is 0 Å². The van der Waals surface area contributed by atoms with Gasteiger partial charge < -0.3 is 141 Å². The minimum atomic E-state index is -4.86. The van der Waals surface area contributed by atoms with Crippen LogP contribution in [0.2, 0.25) is 0 Å². The Morgan fingerprint density at radius 1 is 0.358 bits per heavy atom. The maximum atomic E-state index is 13.8. The van der Waals surface area contributed by atoms with Gasteiger partial charge in [0.1, 0.15) is 79.7 Å². The lowest BCUT2D eigenvalue weighted by Gasteiger charge is -2.42. The smallest absolute Gasteiger partial charge is 0.472 e. The highest BCUT2D eigenvalue weighted by atomic mass is 31.2. The number of unbranched alkanes of at least 4 members (excludes halogenated alkanes) is 12. The van der Waals surface area contributed by atoms with Crippen molar-refractivity contribution in [3.63, 3.8) is 0 Å². The van der Waals surface area contributed by atoms with Crippen LogP contribution >= 0.6 is 15.6 Å². The fourth-order valence-electron chi connectivity index (χ4n) is 13.0. The van der Waals surface area contributed by atoms with Gasteiger partial charge in [-0.2, -0.15) is 0 Å². The lowest BCUT2D eigenvalue weighted by molar-refractivity contribution is -0.270. The second kappa shape index (κ2) is 62.5. The van der Waals surface area contributed by atoms with Crippen LogP contribution in [0.25, 0.3) is 0 Å². The Labute approximate surface area is 701 Å². The maximum absolute atomic E-state index is 13.8. The molecule has 0 aromatic carbocycles. The van der Waals surface area contributed by atoms with Gasteiger partial charge in [0.15, 0.2) is 18.9 Å². The van der Waals surface area contributed by atoms with Crippen molar-refractivity contribution < 1.29 is 164 Å². The summed E-state index contributed by atoms with van der Waals surface area (Å²) in [6, 6.07) is -3.21. The molecule has 3 fully saturated rings. The van der Waals surface area contributed by atoms with Gasteiger partial charge in [-0.25, -0.2) is 9.13 Å². The van der Waals surface area contributed by atoms with Crippen LogP contribution in [-0.2, 0) is 104 Å². The fraction of sp³-hybridized carbons (Fsp3) is 0.853. The maximum Gasteiger partial charge on any atom is 0.472 e. The van der Waals surface area contributed by atoms with Crippen molar-refractivity contribution in [1.29, 1.82) is 0 Å². The van der Waals surface area contributed by atoms with Crippen LogP contribution in [0, 0.1) is 0 Å². The van der Waals surface area contributed by atoms with Crippen LogP contribution in [0.1, 0.15) is 182 Å². The van der Waals surface area contributed by atoms with E-state index in [9.17, 15) is 113 Å². The first-order valence-electron chi connectivity index (χ1n) is 41.6. The monoisotopic (exact) mass is 1770 g/mol. The number of aliphatic hydroxyl groups is 10. The number of phosphoric acid groups is 2. The molecule has 18 N–H and O–H groups in total. The van der Waals surface area contributed by atoms with E-state index in [1.54, 1.807) is 13.0 Å². The van der Waals surface area contributed by atoms with Crippen molar-refractivity contribution in [2.75, 3.05) is 138 Å². The van der Waals surface area contributed by atoms with Gasteiger partial charge in [0.2, 0.25) is 53.2 Å². The molecular formula is C75H137N9O34P2. The molecule has 3 saturated heterocycles. The van der Waals surface area contributed by atoms with Gasteiger partial charge in [-0.05, 0) is 84.0 Å². The lowest BCUT2D eigenvalue weighted by atomic mass is 9.97. The zero-order valence-electron chi connectivity index (χ0n) is 69.7. The van der Waals surface area contributed by atoms with E-state index in [2.05, 4.69) is 31.9 Å². The van der Waals surface area contributed by atoms with E-state index in [1.165, 1.54) is 41.7 Å². The summed E-state index contributed by atoms with van der Waals surface area (Å²) in [7, 11) is -9.71. The van der Waals surface area contributed by atoms with Gasteiger partial charge in [0.25, 0.3) is 0 Å². The molecule has 120 heavy (non-hydrogen) atoms. The highest BCUT2D eigenvalue weighted by Crippen LogP contribution is 2.44. The number of amides is 9. The van der Waals surface area contributed by atoms with Crippen LogP contribution < -0.4 is 31.9 Å². The standard InChI is InChI=1S/C75H137N9O34P2/c1-5-40-108-44-34-83(62(96)28-16-7-19-31-77-59(93)25-13-10-22-42-110-74-65(80-53(3)90)71(102)68(99)56(50-87)117-74)36-46-113-120(106,107)115-48-38-84(63(97)29-17-8-20-32-78-60(94)26-14-11-23-43-111-75-66(81-54(4)91)72(103)69(100)57(51-88)118-75)37-47-114-119(104,105)112-45-35-82(33-39-85)61(95)27-15-6-18-30-76-58(92)24-12-9-21-41-109-73-64(79-52(2)89)70(101)67(98)55(49-86)116-73/h5,40,55-57,64-75,85-88,98-103H,6-39,41-51H2,1-4H3,(H,76,92)(H,77,93)(H,78,94)(H,79,89)(H,80,90)(H,81,91)(H,104,105)(H,106,107)/b40-5-. The fourth-order valence-corrected chi connectivity index (χ4v) is 14.4. The van der Waals surface area contributed by atoms with Gasteiger partial charge >= 0.3 is 15.6 Å². The Morgan fingerprint density at radius 3 is 0.892 bits per heavy atom. The van der Waals surface area contributed by atoms with E-state index < -0.39 is 184 Å². The van der Waals surface area contributed by atoms with E-state index >= 15 is 0 Å². The van der Waals surface area contributed by atoms with E-state index in [-0.39, 0.29) is 140 Å². The van der Waals surface area contributed by atoms with Crippen LogP contribution in [0.4, 0.5) is 0 Å². The molecule has 0 aliphatic carbocycles. The molecule has 17 unspecified atom stereocenters. The predicted octanol–water partition coefficient (Wildman–Crippen LogP) is -2.13. The third kappa shape index (κ3) is 45.3. The average molecular weight is 1770 g/mol. The van der Waals surface area contributed by atoms with Gasteiger partial charge in [0.05, 0.1) is 65.7 Å². The Bertz CT molecular complexity index is 3070. The van der Waals surface area contributed by atoms with Crippen molar-refractivity contribution in [1.82, 2.24) is 46.6 Å². The highest BCUT2D eigenvalue weighted by Gasteiger charge is 2.48. The van der Waals surface area contributed by atoms with Crippen LogP contribution in [-0.4, -0.2) is 359 Å². The molecule has 43 nitrogen and oxygen atoms in total. The van der Waals surface area contributed by atoms with Crippen LogP contribution in [0.15, 0.2) is 12.3 Å². The number of nitrogens with zero attached hydrogens (tertiary/aromatic N) is 3. The topological polar surface area (TPSA) is 614 Å². The summed E-state index contributed by atoms with van der Waals surface area (Å²) < 4.78 is 86.6. The van der Waals surface area contributed by atoms with Crippen molar-refractivity contribution in [2.24, 2.45) is 0 Å². The first kappa shape index (κ1) is 109. The first-order valence-corrected chi connectivity index (χ1v) is 44.6. The van der Waals surface area contributed by atoms with Crippen molar-refractivity contribution >= 4 is 68.8 Å². The lowest BCUT2D eigenvalue weighted by Crippen LogP contribution is -2.64. The molecule has 17 atom stereocenters. The Morgan fingerprint density at radius 2 is 0.625 bits per heavy atom. The molecule has 3 aliphatic rings. The second-order valence-electron chi connectivity index (χ2n) is 29.3. The summed E-state index contributed by atoms with van der Waals surface area (Å²) in [4.78, 5) is 139. The molecule has 0 spiro atoms. The third-order valence-corrected chi connectivity index (χ3v) is 21.5. The molecule has 0 radical (unpaired) electrons. The zero-order chi connectivity index (χ0) is 88.8. The summed E-state index contributed by atoms with van der Waals surface area (Å²) in [5, 5.41) is 116. The van der Waals surface area contributed by atoms with Crippen molar-refractivity contribution in [3.05, 3.63) is 12.3 Å². The average Bonchev–Trinajstić information content (AvgIpc) is 0.818. The number of aliphatic hydroxyl groups excluding tert-OH is 10. The summed E-state index contributed by atoms with van der Waals surface area (Å²) >= 11 is 0. The molecular weight excluding hydrogens is 1630 g/mol. The largest absolute Gasteiger partial charge is 0.500 e. The molecule has 0 aromatic rings. The van der Waals surface area contributed by atoms with Gasteiger partial charge in [-0.15, -0.1) is 0 Å². The van der Waals surface area contributed by atoms with Gasteiger partial charge in [0, 0.05) is 131 Å². The van der Waals surface area contributed by atoms with Crippen LogP contribution in [0.3, 0.4) is 0 Å². The number of allylic oxidation sites excluding steroid dienone is 1. The minimum absolute atomic E-state index is 0.0525. The molecule has 3 rings (SSSR count). The number of phosphoric ester groups is 2. The summed E-state index contributed by atoms with van der Waals surface area (Å²) in [5.41, 5.74) is 0. The zero-order valence-corrected chi connectivity index (χ0v) is 71.5. The second-order valence-corrected chi connectivity index (χ2v) is 32.2. The number of ether oxygens (including phenoxy) is 7. The third-order valence-electron chi connectivity index (χ3n) is 19.5. The SMILES string of the molecule is C/C=C\OCCN(CCOP(=O)(O)OCCN(CCOP(=O)(O)OCCN(CCO)C(=O)CCCCCNC(=O)CCCCCOC1OC(CO)C(O)C(O)C1NC(C)=O)C(=O)CCCCCNC(=O)CCCCCOC1OC(CO)C(O)C(O)C1NC(C)=O)C(=O)CCCCCNC(=O)CCCCCOC1OC(CO)C(O)C(O)C1NC(C)=O. The summed E-state index contributed by atoms with van der Waals surface area (Å²) in [6.07, 6.45) is -2.41. The normalized spacial score (nSPS) is 24.0. The van der Waals surface area contributed by atoms with Crippen LogP contribution in [0.5, 0.6) is 0 Å². The van der Waals surface area contributed by atoms with Gasteiger partial charge in [-0.3, -0.25) is 61.2 Å². The molecule has 3 aliphatic heterocycles. The van der Waals surface area contributed by atoms with Gasteiger partial charge in [-0.1, -0.05) is 44.6 Å². The molecule has 0 aromatic heterocycles. The molecule has 9 amide bonds. The van der Waals surface area contributed by atoms with E-state index in [0.29, 0.717) is 129 Å². The molecule has 45 heteroatoms. The minimum Gasteiger partial charge on any atom is -0.500 e. The molecule has 0 saturated carbocycles. The highest BCUT2D eigenvalue weighted by molar-refractivity contribution is 7.47. The van der Waals surface area contributed by atoms with Crippen molar-refractivity contribution in [3.8, 4) is 0 Å². The Kier molecular flexibility index (Phi) is 56.5. The number of rotatable bonds is 67. The van der Waals surface area contributed by atoms with E-state index in [4.69, 9.17) is 51.3 Å². The Balaban J connectivity index is 1.46. The number of carbonyl (C=O) groups excluding carboxylic acids is 9. The molecule has 696 valence electrons. The molecule has 0 bridgehead atoms. The first-order chi connectivity index (χ1) is 57.3. The van der Waals surface area contributed by atoms with E-state index in [0.717, 1.165) is 0 Å².